The van der Waals surface area contributed by atoms with Crippen molar-refractivity contribution in [2.45, 2.75) is 25.4 Å². The molecule has 0 spiro atoms. The number of likely N-dealkylation sites (N-methyl/N-ethyl adjacent to an activating group) is 2. The number of nitrogens with one attached hydrogen (secondary N) is 1. The van der Waals surface area contributed by atoms with Crippen molar-refractivity contribution in [2.24, 2.45) is 0 Å². The molecule has 1 aliphatic rings. The van der Waals surface area contributed by atoms with Crippen molar-refractivity contribution in [1.29, 1.82) is 0 Å². The second-order valence-electron chi connectivity index (χ2n) is 7.60. The largest absolute Gasteiger partial charge is 0.382 e. The summed E-state index contributed by atoms with van der Waals surface area (Å²) < 4.78 is 5.31. The Labute approximate surface area is 157 Å². The van der Waals surface area contributed by atoms with Gasteiger partial charge in [-0.25, -0.2) is 4.79 Å². The van der Waals surface area contributed by atoms with Crippen molar-refractivity contribution in [3.63, 3.8) is 0 Å². The first kappa shape index (κ1) is 20.6. The number of pyridine rings is 1. The van der Waals surface area contributed by atoms with Crippen LogP contribution in [0.4, 0.5) is 4.79 Å². The minimum Gasteiger partial charge on any atom is -0.382 e. The monoisotopic (exact) mass is 363 g/mol. The summed E-state index contributed by atoms with van der Waals surface area (Å²) in [6.45, 7) is 9.54. The molecule has 2 amide bonds. The zero-order valence-electron chi connectivity index (χ0n) is 16.7. The number of carbonyl (C=O) groups excluding carboxylic acids is 1. The molecule has 0 radical (unpaired) electrons. The molecule has 1 N–H and O–H groups in total. The van der Waals surface area contributed by atoms with Crippen molar-refractivity contribution >= 4 is 6.03 Å². The predicted octanol–water partition coefficient (Wildman–Crippen LogP) is 1.44. The van der Waals surface area contributed by atoms with Gasteiger partial charge in [-0.1, -0.05) is 6.07 Å². The Morgan fingerprint density at radius 3 is 2.62 bits per heavy atom. The molecule has 1 atom stereocenters. The van der Waals surface area contributed by atoms with Gasteiger partial charge >= 0.3 is 6.03 Å². The highest BCUT2D eigenvalue weighted by molar-refractivity contribution is 5.74. The fraction of sp³-hybridized carbons (Fsp3) is 0.684. The van der Waals surface area contributed by atoms with E-state index in [2.05, 4.69) is 41.0 Å². The number of ether oxygens (including phenoxy) is 1. The maximum atomic E-state index is 12.7. The van der Waals surface area contributed by atoms with Crippen LogP contribution in [-0.2, 0) is 4.74 Å². The van der Waals surface area contributed by atoms with Gasteiger partial charge in [0.1, 0.15) is 0 Å². The summed E-state index contributed by atoms with van der Waals surface area (Å²) in [6, 6.07) is 5.38. The van der Waals surface area contributed by atoms with Crippen LogP contribution in [-0.4, -0.2) is 91.8 Å². The average molecular weight is 364 g/mol. The van der Waals surface area contributed by atoms with E-state index in [-0.39, 0.29) is 17.6 Å². The van der Waals surface area contributed by atoms with Crippen molar-refractivity contribution in [3.8, 4) is 0 Å². The molecule has 1 fully saturated rings. The zero-order chi connectivity index (χ0) is 19.2. The van der Waals surface area contributed by atoms with Crippen LogP contribution in [0.25, 0.3) is 0 Å². The van der Waals surface area contributed by atoms with E-state index in [0.29, 0.717) is 13.2 Å². The minimum absolute atomic E-state index is 0.0838. The normalized spacial score (nSPS) is 17.7. The van der Waals surface area contributed by atoms with Crippen molar-refractivity contribution < 1.29 is 9.53 Å². The van der Waals surface area contributed by atoms with Gasteiger partial charge in [-0.3, -0.25) is 9.88 Å². The smallest absolute Gasteiger partial charge is 0.317 e. The third-order valence-electron chi connectivity index (χ3n) is 5.17. The Morgan fingerprint density at radius 1 is 1.35 bits per heavy atom. The van der Waals surface area contributed by atoms with E-state index in [4.69, 9.17) is 4.74 Å². The van der Waals surface area contributed by atoms with Gasteiger partial charge < -0.3 is 19.9 Å². The standard InChI is InChI=1S/C19H33N5O2/c1-19(2,24-12-10-22(3)11-13-24)15-21-18(25)23(4)17(14-26-5)16-8-6-7-9-20-16/h6-9,17H,10-15H2,1-5H3,(H,21,25)/t17-/m1/s1. The Morgan fingerprint density at radius 2 is 2.04 bits per heavy atom. The number of methoxy groups -OCH3 is 1. The summed E-state index contributed by atoms with van der Waals surface area (Å²) >= 11 is 0. The van der Waals surface area contributed by atoms with Crippen molar-refractivity contribution in [1.82, 2.24) is 25.0 Å². The summed E-state index contributed by atoms with van der Waals surface area (Å²) in [6.07, 6.45) is 1.74. The SMILES string of the molecule is COC[C@H](c1ccccn1)N(C)C(=O)NCC(C)(C)N1CCN(C)CC1. The van der Waals surface area contributed by atoms with Crippen LogP contribution >= 0.6 is 0 Å². The molecule has 7 heteroatoms. The highest BCUT2D eigenvalue weighted by atomic mass is 16.5. The Balaban J connectivity index is 1.94. The number of hydrogen-bond acceptors (Lipinski definition) is 5. The molecule has 0 bridgehead atoms. The number of aromatic nitrogens is 1. The molecule has 146 valence electrons. The molecule has 0 unspecified atom stereocenters. The van der Waals surface area contributed by atoms with Crippen LogP contribution in [0.15, 0.2) is 24.4 Å². The lowest BCUT2D eigenvalue weighted by Gasteiger charge is -2.43. The lowest BCUT2D eigenvalue weighted by atomic mass is 10.0. The second-order valence-corrected chi connectivity index (χ2v) is 7.60. The summed E-state index contributed by atoms with van der Waals surface area (Å²) in [5.74, 6) is 0. The third kappa shape index (κ3) is 5.40. The highest BCUT2D eigenvalue weighted by Crippen LogP contribution is 2.19. The van der Waals surface area contributed by atoms with Gasteiger partial charge in [0.15, 0.2) is 0 Å². The van der Waals surface area contributed by atoms with Crippen LogP contribution in [0.3, 0.4) is 0 Å². The molecule has 0 aromatic carbocycles. The molecular formula is C19H33N5O2. The Hall–Kier alpha value is -1.70. The van der Waals surface area contributed by atoms with Gasteiger partial charge in [-0.2, -0.15) is 0 Å². The lowest BCUT2D eigenvalue weighted by molar-refractivity contribution is 0.0609. The first-order valence-corrected chi connectivity index (χ1v) is 9.19. The van der Waals surface area contributed by atoms with E-state index in [9.17, 15) is 4.79 Å². The molecule has 1 aliphatic heterocycles. The molecule has 2 heterocycles. The lowest BCUT2D eigenvalue weighted by Crippen LogP contribution is -2.58. The minimum atomic E-state index is -0.215. The molecular weight excluding hydrogens is 330 g/mol. The van der Waals surface area contributed by atoms with Gasteiger partial charge in [0, 0.05) is 58.6 Å². The molecule has 1 saturated heterocycles. The Bertz CT molecular complexity index is 558. The second kappa shape index (κ2) is 9.30. The number of carbonyl (C=O) groups is 1. The predicted molar refractivity (Wildman–Crippen MR) is 103 cm³/mol. The summed E-state index contributed by atoms with van der Waals surface area (Å²) in [5, 5.41) is 3.09. The van der Waals surface area contributed by atoms with Gasteiger partial charge in [-0.15, -0.1) is 0 Å². The van der Waals surface area contributed by atoms with Gasteiger partial charge in [0.2, 0.25) is 0 Å². The quantitative estimate of drug-likeness (QED) is 0.794. The molecule has 7 nitrogen and oxygen atoms in total. The van der Waals surface area contributed by atoms with Gasteiger partial charge in [-0.05, 0) is 33.0 Å². The van der Waals surface area contributed by atoms with Crippen LogP contribution < -0.4 is 5.32 Å². The third-order valence-corrected chi connectivity index (χ3v) is 5.17. The fourth-order valence-corrected chi connectivity index (χ4v) is 3.21. The zero-order valence-corrected chi connectivity index (χ0v) is 16.7. The topological polar surface area (TPSA) is 60.9 Å². The Kier molecular flexibility index (Phi) is 7.37. The molecule has 0 aliphatic carbocycles. The molecule has 1 aromatic rings. The number of urea groups is 1. The van der Waals surface area contributed by atoms with Crippen LogP contribution in [0, 0.1) is 0 Å². The van der Waals surface area contributed by atoms with Crippen LogP contribution in [0.2, 0.25) is 0 Å². The molecule has 26 heavy (non-hydrogen) atoms. The van der Waals surface area contributed by atoms with E-state index in [1.807, 2.05) is 18.2 Å². The molecule has 1 aromatic heterocycles. The van der Waals surface area contributed by atoms with E-state index < -0.39 is 0 Å². The first-order valence-electron chi connectivity index (χ1n) is 9.19. The highest BCUT2D eigenvalue weighted by Gasteiger charge is 2.30. The van der Waals surface area contributed by atoms with E-state index in [0.717, 1.165) is 31.9 Å². The number of hydrogen-bond donors (Lipinski definition) is 1. The summed E-state index contributed by atoms with van der Waals surface area (Å²) in [4.78, 5) is 23.5. The first-order chi connectivity index (χ1) is 12.3. The average Bonchev–Trinajstić information content (AvgIpc) is 2.64. The number of nitrogens with zero attached hydrogens (tertiary/aromatic N) is 4. The van der Waals surface area contributed by atoms with E-state index in [1.165, 1.54) is 0 Å². The summed E-state index contributed by atoms with van der Waals surface area (Å²) in [5.41, 5.74) is 0.741. The number of piperazine rings is 1. The van der Waals surface area contributed by atoms with Gasteiger partial charge in [0.05, 0.1) is 18.3 Å². The number of rotatable bonds is 7. The fourth-order valence-electron chi connectivity index (χ4n) is 3.21. The van der Waals surface area contributed by atoms with E-state index in [1.54, 1.807) is 25.3 Å². The molecule has 2 rings (SSSR count). The maximum Gasteiger partial charge on any atom is 0.317 e. The van der Waals surface area contributed by atoms with Crippen LogP contribution in [0.5, 0.6) is 0 Å². The van der Waals surface area contributed by atoms with Crippen molar-refractivity contribution in [3.05, 3.63) is 30.1 Å². The van der Waals surface area contributed by atoms with E-state index >= 15 is 0 Å². The maximum absolute atomic E-state index is 12.7. The number of amides is 2. The van der Waals surface area contributed by atoms with Crippen LogP contribution in [0.1, 0.15) is 25.6 Å². The summed E-state index contributed by atoms with van der Waals surface area (Å²) in [7, 11) is 5.57. The molecule has 0 saturated carbocycles. The van der Waals surface area contributed by atoms with Gasteiger partial charge in [0.25, 0.3) is 0 Å². The van der Waals surface area contributed by atoms with Crippen molar-refractivity contribution in [2.75, 3.05) is 60.5 Å².